The van der Waals surface area contributed by atoms with Crippen molar-refractivity contribution in [1.29, 1.82) is 0 Å². The first-order chi connectivity index (χ1) is 9.65. The van der Waals surface area contributed by atoms with Crippen LogP contribution in [0, 0.1) is 5.92 Å². The standard InChI is InChI=1S/C17H27NO2/c1-12(2)6-5-7-15-14-11-17(20-4)16(19-3)10-13(14)8-9-18-15/h10-12,15,18H,5-9H2,1-4H3. The van der Waals surface area contributed by atoms with Gasteiger partial charge in [0.25, 0.3) is 0 Å². The van der Waals surface area contributed by atoms with Crippen molar-refractivity contribution in [3.63, 3.8) is 0 Å². The maximum Gasteiger partial charge on any atom is 0.161 e. The Morgan fingerprint density at radius 2 is 1.90 bits per heavy atom. The molecule has 1 aliphatic heterocycles. The largest absolute Gasteiger partial charge is 0.493 e. The van der Waals surface area contributed by atoms with Gasteiger partial charge < -0.3 is 14.8 Å². The fourth-order valence-corrected chi connectivity index (χ4v) is 2.96. The summed E-state index contributed by atoms with van der Waals surface area (Å²) in [7, 11) is 3.40. The molecule has 1 aliphatic rings. The van der Waals surface area contributed by atoms with Gasteiger partial charge in [-0.05, 0) is 48.6 Å². The number of methoxy groups -OCH3 is 2. The third-order valence-corrected chi connectivity index (χ3v) is 4.08. The molecule has 0 aromatic heterocycles. The monoisotopic (exact) mass is 277 g/mol. The first kappa shape index (κ1) is 15.2. The van der Waals surface area contributed by atoms with Gasteiger partial charge in [-0.15, -0.1) is 0 Å². The molecule has 0 saturated heterocycles. The Morgan fingerprint density at radius 1 is 1.20 bits per heavy atom. The second-order valence-electron chi connectivity index (χ2n) is 5.99. The molecule has 1 aromatic rings. The zero-order chi connectivity index (χ0) is 14.5. The zero-order valence-corrected chi connectivity index (χ0v) is 13.2. The van der Waals surface area contributed by atoms with E-state index in [2.05, 4.69) is 31.3 Å². The molecule has 0 aliphatic carbocycles. The lowest BCUT2D eigenvalue weighted by Gasteiger charge is -2.28. The number of fused-ring (bicyclic) bond motifs is 1. The lowest BCUT2D eigenvalue weighted by atomic mass is 9.90. The minimum atomic E-state index is 0.456. The van der Waals surface area contributed by atoms with Gasteiger partial charge in [-0.1, -0.05) is 26.7 Å². The summed E-state index contributed by atoms with van der Waals surface area (Å²) in [6.07, 6.45) is 4.82. The quantitative estimate of drug-likeness (QED) is 0.859. The van der Waals surface area contributed by atoms with E-state index in [0.717, 1.165) is 30.4 Å². The molecule has 0 spiro atoms. The molecule has 0 radical (unpaired) electrons. The highest BCUT2D eigenvalue weighted by Gasteiger charge is 2.22. The molecule has 20 heavy (non-hydrogen) atoms. The number of ether oxygens (including phenoxy) is 2. The van der Waals surface area contributed by atoms with Gasteiger partial charge in [0.1, 0.15) is 0 Å². The van der Waals surface area contributed by atoms with E-state index in [-0.39, 0.29) is 0 Å². The van der Waals surface area contributed by atoms with Gasteiger partial charge in [-0.2, -0.15) is 0 Å². The van der Waals surface area contributed by atoms with Crippen LogP contribution in [0.4, 0.5) is 0 Å². The van der Waals surface area contributed by atoms with Gasteiger partial charge in [0.05, 0.1) is 14.2 Å². The Bertz CT molecular complexity index is 443. The van der Waals surface area contributed by atoms with E-state index in [0.29, 0.717) is 6.04 Å². The molecular weight excluding hydrogens is 250 g/mol. The first-order valence-electron chi connectivity index (χ1n) is 7.64. The smallest absolute Gasteiger partial charge is 0.161 e. The number of nitrogens with one attached hydrogen (secondary N) is 1. The molecule has 112 valence electrons. The fraction of sp³-hybridized carbons (Fsp3) is 0.647. The summed E-state index contributed by atoms with van der Waals surface area (Å²) in [5.74, 6) is 2.46. The highest BCUT2D eigenvalue weighted by atomic mass is 16.5. The molecule has 1 N–H and O–H groups in total. The fourth-order valence-electron chi connectivity index (χ4n) is 2.96. The Labute approximate surface area is 122 Å². The summed E-state index contributed by atoms with van der Waals surface area (Å²) in [6, 6.07) is 4.75. The van der Waals surface area contributed by atoms with Gasteiger partial charge in [0.15, 0.2) is 11.5 Å². The molecular formula is C17H27NO2. The minimum Gasteiger partial charge on any atom is -0.493 e. The Kier molecular flexibility index (Phi) is 5.30. The second-order valence-corrected chi connectivity index (χ2v) is 5.99. The summed E-state index contributed by atoms with van der Waals surface area (Å²) < 4.78 is 10.8. The van der Waals surface area contributed by atoms with Gasteiger partial charge in [0.2, 0.25) is 0 Å². The highest BCUT2D eigenvalue weighted by molar-refractivity contribution is 5.49. The molecule has 0 amide bonds. The van der Waals surface area contributed by atoms with Crippen LogP contribution < -0.4 is 14.8 Å². The molecule has 0 saturated carbocycles. The predicted octanol–water partition coefficient (Wildman–Crippen LogP) is 3.72. The molecule has 1 unspecified atom stereocenters. The molecule has 2 rings (SSSR count). The molecule has 1 heterocycles. The molecule has 1 aromatic carbocycles. The first-order valence-corrected chi connectivity index (χ1v) is 7.64. The van der Waals surface area contributed by atoms with Crippen molar-refractivity contribution in [2.75, 3.05) is 20.8 Å². The van der Waals surface area contributed by atoms with Crippen molar-refractivity contribution in [2.24, 2.45) is 5.92 Å². The van der Waals surface area contributed by atoms with Crippen LogP contribution in [0.5, 0.6) is 11.5 Å². The van der Waals surface area contributed by atoms with Gasteiger partial charge >= 0.3 is 0 Å². The molecule has 3 nitrogen and oxygen atoms in total. The average molecular weight is 277 g/mol. The van der Waals surface area contributed by atoms with Crippen molar-refractivity contribution < 1.29 is 9.47 Å². The van der Waals surface area contributed by atoms with E-state index in [9.17, 15) is 0 Å². The van der Waals surface area contributed by atoms with Crippen molar-refractivity contribution in [3.8, 4) is 11.5 Å². The molecule has 1 atom stereocenters. The van der Waals surface area contributed by atoms with Crippen LogP contribution in [0.15, 0.2) is 12.1 Å². The maximum absolute atomic E-state index is 5.44. The average Bonchev–Trinajstić information content (AvgIpc) is 2.45. The maximum atomic E-state index is 5.44. The van der Waals surface area contributed by atoms with Crippen LogP contribution in [-0.4, -0.2) is 20.8 Å². The van der Waals surface area contributed by atoms with Gasteiger partial charge in [-0.25, -0.2) is 0 Å². The molecule has 0 bridgehead atoms. The van der Waals surface area contributed by atoms with Crippen LogP contribution in [0.1, 0.15) is 50.3 Å². The minimum absolute atomic E-state index is 0.456. The van der Waals surface area contributed by atoms with Crippen LogP contribution in [0.25, 0.3) is 0 Å². The van der Waals surface area contributed by atoms with E-state index < -0.39 is 0 Å². The number of benzene rings is 1. The Balaban J connectivity index is 2.16. The highest BCUT2D eigenvalue weighted by Crippen LogP contribution is 2.36. The van der Waals surface area contributed by atoms with Crippen LogP contribution in [0.3, 0.4) is 0 Å². The van der Waals surface area contributed by atoms with E-state index in [1.807, 2.05) is 0 Å². The van der Waals surface area contributed by atoms with Crippen molar-refractivity contribution in [1.82, 2.24) is 5.32 Å². The van der Waals surface area contributed by atoms with E-state index >= 15 is 0 Å². The van der Waals surface area contributed by atoms with Gasteiger partial charge in [-0.3, -0.25) is 0 Å². The van der Waals surface area contributed by atoms with Crippen LogP contribution >= 0.6 is 0 Å². The van der Waals surface area contributed by atoms with E-state index in [1.165, 1.54) is 30.4 Å². The van der Waals surface area contributed by atoms with Crippen molar-refractivity contribution in [2.45, 2.75) is 45.6 Å². The molecule has 0 fully saturated rings. The number of hydrogen-bond acceptors (Lipinski definition) is 3. The second kappa shape index (κ2) is 6.98. The van der Waals surface area contributed by atoms with Gasteiger partial charge in [0, 0.05) is 6.04 Å². The van der Waals surface area contributed by atoms with Crippen LogP contribution in [-0.2, 0) is 6.42 Å². The van der Waals surface area contributed by atoms with E-state index in [4.69, 9.17) is 9.47 Å². The van der Waals surface area contributed by atoms with Crippen molar-refractivity contribution >= 4 is 0 Å². The van der Waals surface area contributed by atoms with Crippen LogP contribution in [0.2, 0.25) is 0 Å². The number of hydrogen-bond donors (Lipinski definition) is 1. The predicted molar refractivity (Wildman–Crippen MR) is 82.7 cm³/mol. The lowest BCUT2D eigenvalue weighted by Crippen LogP contribution is -2.30. The normalized spacial score (nSPS) is 17.9. The topological polar surface area (TPSA) is 30.5 Å². The third-order valence-electron chi connectivity index (χ3n) is 4.08. The third kappa shape index (κ3) is 3.45. The molecule has 3 heteroatoms. The summed E-state index contributed by atoms with van der Waals surface area (Å²) in [5, 5.41) is 3.64. The van der Waals surface area contributed by atoms with E-state index in [1.54, 1.807) is 14.2 Å². The van der Waals surface area contributed by atoms with Crippen molar-refractivity contribution in [3.05, 3.63) is 23.3 Å². The number of rotatable bonds is 6. The summed E-state index contributed by atoms with van der Waals surface area (Å²) in [6.45, 7) is 5.63. The summed E-state index contributed by atoms with van der Waals surface area (Å²) in [4.78, 5) is 0. The SMILES string of the molecule is COc1cc2c(cc1OC)C(CCCC(C)C)NCC2. The summed E-state index contributed by atoms with van der Waals surface area (Å²) >= 11 is 0. The Morgan fingerprint density at radius 3 is 2.55 bits per heavy atom. The summed E-state index contributed by atoms with van der Waals surface area (Å²) in [5.41, 5.74) is 2.79. The zero-order valence-electron chi connectivity index (χ0n) is 13.2. The Hall–Kier alpha value is -1.22. The lowest BCUT2D eigenvalue weighted by molar-refractivity contribution is 0.351.